The van der Waals surface area contributed by atoms with Crippen LogP contribution in [0.5, 0.6) is 0 Å². The Balaban J connectivity index is 1.64. The highest BCUT2D eigenvalue weighted by atomic mass is 31.2. The molecule has 26 heavy (non-hydrogen) atoms. The number of rotatable bonds is 3. The van der Waals surface area contributed by atoms with Crippen LogP contribution >= 0.6 is 7.82 Å². The van der Waals surface area contributed by atoms with E-state index in [-0.39, 0.29) is 18.5 Å². The topological polar surface area (TPSA) is 139 Å². The number of hydrogen-bond donors (Lipinski definition) is 1. The first kappa shape index (κ1) is 17.6. The molecule has 3 heterocycles. The minimum atomic E-state index is -3.79. The molecule has 0 spiro atoms. The van der Waals surface area contributed by atoms with E-state index in [1.807, 2.05) is 0 Å². The van der Waals surface area contributed by atoms with Gasteiger partial charge in [-0.25, -0.2) is 9.36 Å². The second-order valence-corrected chi connectivity index (χ2v) is 8.47. The fraction of sp³-hybridized carbons (Fsp3) is 0.667. The fourth-order valence-electron chi connectivity index (χ4n) is 3.33. The molecule has 140 valence electrons. The van der Waals surface area contributed by atoms with Crippen molar-refractivity contribution in [2.45, 2.75) is 50.7 Å². The van der Waals surface area contributed by atoms with Gasteiger partial charge in [-0.05, 0) is 32.3 Å². The standard InChI is InChI=1S/C15H19N4O6P/c1-15(8-16)12-10(7-22-26(21,25-12)24-9-3-2-4-9)23-13(15)19-6-5-11(17)18-14(19)20/h5-6,9-10,12-13H,2-4,7H2,1H3,(H2,17,18,20)/t10-,12-,13-,15-,26?/m1/s1. The van der Waals surface area contributed by atoms with Crippen molar-refractivity contribution in [1.29, 1.82) is 5.26 Å². The summed E-state index contributed by atoms with van der Waals surface area (Å²) in [6.07, 6.45) is 1.33. The van der Waals surface area contributed by atoms with Crippen molar-refractivity contribution in [1.82, 2.24) is 9.55 Å². The molecule has 5 atom stereocenters. The number of nitrogens with zero attached hydrogens (tertiary/aromatic N) is 3. The Bertz CT molecular complexity index is 864. The Hall–Kier alpha value is -1.76. The third-order valence-corrected chi connectivity index (χ3v) is 6.57. The summed E-state index contributed by atoms with van der Waals surface area (Å²) in [7, 11) is -3.79. The summed E-state index contributed by atoms with van der Waals surface area (Å²) in [5.74, 6) is 0.0679. The molecule has 1 aliphatic carbocycles. The van der Waals surface area contributed by atoms with Crippen molar-refractivity contribution in [3.8, 4) is 6.07 Å². The van der Waals surface area contributed by atoms with Crippen LogP contribution in [-0.2, 0) is 22.9 Å². The number of phosphoric acid groups is 1. The molecule has 0 aromatic carbocycles. The monoisotopic (exact) mass is 382 g/mol. The van der Waals surface area contributed by atoms with Crippen LogP contribution in [0.3, 0.4) is 0 Å². The molecule has 1 aromatic rings. The molecule has 2 saturated heterocycles. The minimum Gasteiger partial charge on any atom is -0.383 e. The van der Waals surface area contributed by atoms with E-state index in [0.29, 0.717) is 0 Å². The predicted molar refractivity (Wildman–Crippen MR) is 87.7 cm³/mol. The van der Waals surface area contributed by atoms with Gasteiger partial charge in [0.25, 0.3) is 0 Å². The van der Waals surface area contributed by atoms with Crippen LogP contribution in [0, 0.1) is 16.7 Å². The van der Waals surface area contributed by atoms with Crippen LogP contribution in [0.4, 0.5) is 5.82 Å². The van der Waals surface area contributed by atoms with E-state index in [4.69, 9.17) is 24.0 Å². The van der Waals surface area contributed by atoms with Crippen molar-refractivity contribution < 1.29 is 22.9 Å². The summed E-state index contributed by atoms with van der Waals surface area (Å²) in [6.45, 7) is 1.53. The molecule has 3 aliphatic rings. The number of nitrogens with two attached hydrogens (primary N) is 1. The molecule has 0 radical (unpaired) electrons. The van der Waals surface area contributed by atoms with E-state index in [1.165, 1.54) is 16.8 Å². The van der Waals surface area contributed by atoms with Gasteiger partial charge in [-0.1, -0.05) is 0 Å². The van der Waals surface area contributed by atoms with Crippen LogP contribution in [0.25, 0.3) is 0 Å². The molecule has 0 amide bonds. The van der Waals surface area contributed by atoms with Gasteiger partial charge in [0.15, 0.2) is 6.23 Å². The van der Waals surface area contributed by atoms with Gasteiger partial charge in [-0.2, -0.15) is 10.2 Å². The molecule has 4 rings (SSSR count). The lowest BCUT2D eigenvalue weighted by molar-refractivity contribution is -0.0799. The third-order valence-electron chi connectivity index (χ3n) is 5.06. The third kappa shape index (κ3) is 2.76. The lowest BCUT2D eigenvalue weighted by Gasteiger charge is -2.37. The number of nitrogen functional groups attached to an aromatic ring is 1. The zero-order chi connectivity index (χ0) is 18.5. The van der Waals surface area contributed by atoms with Gasteiger partial charge in [-0.15, -0.1) is 0 Å². The maximum atomic E-state index is 12.8. The highest BCUT2D eigenvalue weighted by molar-refractivity contribution is 7.48. The molecule has 1 saturated carbocycles. The van der Waals surface area contributed by atoms with Crippen LogP contribution in [0.1, 0.15) is 32.4 Å². The maximum absolute atomic E-state index is 12.8. The Morgan fingerprint density at radius 2 is 2.31 bits per heavy atom. The van der Waals surface area contributed by atoms with E-state index in [1.54, 1.807) is 6.92 Å². The van der Waals surface area contributed by atoms with Crippen LogP contribution < -0.4 is 11.4 Å². The van der Waals surface area contributed by atoms with Gasteiger partial charge in [0.2, 0.25) is 0 Å². The Morgan fingerprint density at radius 3 is 2.92 bits per heavy atom. The smallest absolute Gasteiger partial charge is 0.383 e. The fourth-order valence-corrected chi connectivity index (χ4v) is 5.04. The molecule has 2 N–H and O–H groups in total. The number of aromatic nitrogens is 2. The van der Waals surface area contributed by atoms with Crippen molar-refractivity contribution in [3.05, 3.63) is 22.7 Å². The Morgan fingerprint density at radius 1 is 1.54 bits per heavy atom. The molecular formula is C15H19N4O6P. The molecule has 2 aliphatic heterocycles. The van der Waals surface area contributed by atoms with E-state index in [2.05, 4.69) is 11.1 Å². The first-order valence-electron chi connectivity index (χ1n) is 8.37. The molecular weight excluding hydrogens is 363 g/mol. The van der Waals surface area contributed by atoms with Gasteiger partial charge in [0.1, 0.15) is 23.4 Å². The second-order valence-electron chi connectivity index (χ2n) is 6.89. The van der Waals surface area contributed by atoms with Crippen molar-refractivity contribution >= 4 is 13.6 Å². The van der Waals surface area contributed by atoms with Gasteiger partial charge >= 0.3 is 13.5 Å². The van der Waals surface area contributed by atoms with Crippen LogP contribution in [-0.4, -0.2) is 34.5 Å². The zero-order valence-electron chi connectivity index (χ0n) is 14.1. The highest BCUT2D eigenvalue weighted by Crippen LogP contribution is 2.62. The van der Waals surface area contributed by atoms with E-state index in [0.717, 1.165) is 19.3 Å². The summed E-state index contributed by atoms with van der Waals surface area (Å²) >= 11 is 0. The summed E-state index contributed by atoms with van der Waals surface area (Å²) in [5, 5.41) is 9.81. The van der Waals surface area contributed by atoms with E-state index < -0.39 is 37.4 Å². The summed E-state index contributed by atoms with van der Waals surface area (Å²) in [4.78, 5) is 15.9. The van der Waals surface area contributed by atoms with Crippen LogP contribution in [0.2, 0.25) is 0 Å². The van der Waals surface area contributed by atoms with Crippen LogP contribution in [0.15, 0.2) is 17.1 Å². The second kappa shape index (κ2) is 6.15. The molecule has 1 aromatic heterocycles. The molecule has 1 unspecified atom stereocenters. The average Bonchev–Trinajstić information content (AvgIpc) is 2.84. The van der Waals surface area contributed by atoms with E-state index >= 15 is 0 Å². The summed E-state index contributed by atoms with van der Waals surface area (Å²) in [6, 6.07) is 3.59. The SMILES string of the molecule is C[C@@]1(C#N)[C@@H]2OP(=O)(OC3CCC3)OC[C@H]2O[C@H]1n1ccc(N)nc1=O. The van der Waals surface area contributed by atoms with E-state index in [9.17, 15) is 14.6 Å². The van der Waals surface area contributed by atoms with Gasteiger partial charge in [0.05, 0.1) is 18.8 Å². The first-order valence-corrected chi connectivity index (χ1v) is 9.83. The predicted octanol–water partition coefficient (Wildman–Crippen LogP) is 1.35. The molecule has 10 nitrogen and oxygen atoms in total. The highest BCUT2D eigenvalue weighted by Gasteiger charge is 2.61. The number of hydrogen-bond acceptors (Lipinski definition) is 9. The van der Waals surface area contributed by atoms with Crippen molar-refractivity contribution in [3.63, 3.8) is 0 Å². The van der Waals surface area contributed by atoms with Gasteiger partial charge in [0, 0.05) is 6.20 Å². The Kier molecular flexibility index (Phi) is 4.17. The average molecular weight is 382 g/mol. The number of anilines is 1. The molecule has 0 bridgehead atoms. The normalized spacial score (nSPS) is 39.8. The van der Waals surface area contributed by atoms with Gasteiger partial charge < -0.3 is 10.5 Å². The molecule has 11 heteroatoms. The Labute approximate surface area is 149 Å². The zero-order valence-corrected chi connectivity index (χ0v) is 15.0. The largest absolute Gasteiger partial charge is 0.475 e. The first-order chi connectivity index (χ1) is 12.3. The number of ether oxygens (including phenoxy) is 1. The number of nitriles is 1. The number of fused-ring (bicyclic) bond motifs is 1. The summed E-state index contributed by atoms with van der Waals surface area (Å²) in [5.41, 5.74) is 3.57. The van der Waals surface area contributed by atoms with Crippen molar-refractivity contribution in [2.75, 3.05) is 12.3 Å². The van der Waals surface area contributed by atoms with Gasteiger partial charge in [-0.3, -0.25) is 18.1 Å². The molecule has 3 fully saturated rings. The lowest BCUT2D eigenvalue weighted by atomic mass is 9.84. The number of phosphoric ester groups is 1. The minimum absolute atomic E-state index is 0.0560. The maximum Gasteiger partial charge on any atom is 0.475 e. The summed E-state index contributed by atoms with van der Waals surface area (Å²) < 4.78 is 36.3. The lowest BCUT2D eigenvalue weighted by Crippen LogP contribution is -2.43. The quantitative estimate of drug-likeness (QED) is 0.767. The van der Waals surface area contributed by atoms with Crippen molar-refractivity contribution in [2.24, 2.45) is 5.41 Å².